The number of carbonyl (C=O) groups is 1. The highest BCUT2D eigenvalue weighted by Gasteiger charge is 2.45. The van der Waals surface area contributed by atoms with Gasteiger partial charge >= 0.3 is 0 Å². The Kier molecular flexibility index (Phi) is 5.53. The van der Waals surface area contributed by atoms with Crippen LogP contribution in [0.1, 0.15) is 32.6 Å². The zero-order valence-corrected chi connectivity index (χ0v) is 15.8. The van der Waals surface area contributed by atoms with Gasteiger partial charge in [0.2, 0.25) is 15.9 Å². The smallest absolute Gasteiger partial charge is 0.246 e. The van der Waals surface area contributed by atoms with Gasteiger partial charge in [0, 0.05) is 5.92 Å². The lowest BCUT2D eigenvalue weighted by atomic mass is 9.80. The van der Waals surface area contributed by atoms with Crippen LogP contribution in [0.2, 0.25) is 0 Å². The summed E-state index contributed by atoms with van der Waals surface area (Å²) in [7, 11) is 0. The van der Waals surface area contributed by atoms with Crippen LogP contribution in [0.25, 0.3) is 0 Å². The fourth-order valence-corrected chi connectivity index (χ4v) is 4.47. The first-order valence-corrected chi connectivity index (χ1v) is 9.57. The quantitative estimate of drug-likeness (QED) is 0.570. The summed E-state index contributed by atoms with van der Waals surface area (Å²) >= 11 is 18.0. The maximum atomic E-state index is 12.7. The number of amides is 1. The molecule has 0 spiro atoms. The predicted octanol–water partition coefficient (Wildman–Crippen LogP) is 4.95. The highest BCUT2D eigenvalue weighted by Crippen LogP contribution is 2.51. The third-order valence-corrected chi connectivity index (χ3v) is 6.01. The van der Waals surface area contributed by atoms with E-state index in [2.05, 4.69) is 5.32 Å². The average Bonchev–Trinajstić information content (AvgIpc) is 3.16. The van der Waals surface area contributed by atoms with Crippen LogP contribution in [0.3, 0.4) is 0 Å². The number of hydrogen-bond acceptors (Lipinski definition) is 2. The second-order valence-corrected chi connectivity index (χ2v) is 9.36. The molecule has 5 atom stereocenters. The topological polar surface area (TPSA) is 38.3 Å². The first kappa shape index (κ1) is 18.2. The van der Waals surface area contributed by atoms with Crippen LogP contribution in [0, 0.1) is 23.7 Å². The summed E-state index contributed by atoms with van der Waals surface area (Å²) in [4.78, 5) is 12.7. The SMILES string of the molecule is C[C@H](C(=O)N[C@H](Oc1ccccc1)C(Cl)(Cl)Cl)[C@H]1C[C@H]2CC[C@H]1C2. The van der Waals surface area contributed by atoms with Gasteiger partial charge in [0.05, 0.1) is 0 Å². The highest BCUT2D eigenvalue weighted by molar-refractivity contribution is 6.68. The van der Waals surface area contributed by atoms with Gasteiger partial charge < -0.3 is 10.1 Å². The van der Waals surface area contributed by atoms with E-state index < -0.39 is 10.0 Å². The van der Waals surface area contributed by atoms with Gasteiger partial charge in [-0.3, -0.25) is 4.79 Å². The first-order chi connectivity index (χ1) is 11.3. The van der Waals surface area contributed by atoms with E-state index >= 15 is 0 Å². The second-order valence-electron chi connectivity index (χ2n) is 6.99. The number of carbonyl (C=O) groups excluding carboxylic acids is 1. The Balaban J connectivity index is 1.64. The molecule has 1 amide bonds. The fraction of sp³-hybridized carbons (Fsp3) is 0.611. The molecular weight excluding hydrogens is 369 g/mol. The van der Waals surface area contributed by atoms with E-state index in [1.54, 1.807) is 12.1 Å². The molecule has 2 saturated carbocycles. The van der Waals surface area contributed by atoms with Crippen LogP contribution in [0.5, 0.6) is 5.75 Å². The van der Waals surface area contributed by atoms with Crippen LogP contribution in [-0.2, 0) is 4.79 Å². The predicted molar refractivity (Wildman–Crippen MR) is 97.4 cm³/mol. The molecule has 2 bridgehead atoms. The Morgan fingerprint density at radius 3 is 2.46 bits per heavy atom. The zero-order valence-electron chi connectivity index (χ0n) is 13.6. The summed E-state index contributed by atoms with van der Waals surface area (Å²) in [5.41, 5.74) is 0. The van der Waals surface area contributed by atoms with E-state index in [1.807, 2.05) is 25.1 Å². The molecule has 3 nitrogen and oxygen atoms in total. The molecule has 132 valence electrons. The molecule has 0 aliphatic heterocycles. The number of benzene rings is 1. The summed E-state index contributed by atoms with van der Waals surface area (Å²) in [6.45, 7) is 1.97. The minimum atomic E-state index is -1.75. The molecule has 0 saturated heterocycles. The summed E-state index contributed by atoms with van der Waals surface area (Å²) in [6.07, 6.45) is 3.91. The van der Waals surface area contributed by atoms with Crippen molar-refractivity contribution >= 4 is 40.7 Å². The zero-order chi connectivity index (χ0) is 17.3. The van der Waals surface area contributed by atoms with Gasteiger partial charge in [-0.1, -0.05) is 66.3 Å². The third kappa shape index (κ3) is 4.12. The highest BCUT2D eigenvalue weighted by atomic mass is 35.6. The molecule has 0 unspecified atom stereocenters. The number of fused-ring (bicyclic) bond motifs is 2. The number of alkyl halides is 3. The molecule has 2 fully saturated rings. The number of para-hydroxylation sites is 1. The molecule has 3 rings (SSSR count). The Morgan fingerprint density at radius 2 is 1.92 bits per heavy atom. The van der Waals surface area contributed by atoms with Crippen molar-refractivity contribution in [2.45, 2.75) is 42.6 Å². The second kappa shape index (κ2) is 7.31. The minimum Gasteiger partial charge on any atom is -0.466 e. The Bertz CT molecular complexity index is 575. The van der Waals surface area contributed by atoms with Crippen molar-refractivity contribution in [2.75, 3.05) is 0 Å². The molecule has 0 heterocycles. The van der Waals surface area contributed by atoms with Crippen molar-refractivity contribution in [3.63, 3.8) is 0 Å². The van der Waals surface area contributed by atoms with Crippen LogP contribution in [-0.4, -0.2) is 15.9 Å². The Morgan fingerprint density at radius 1 is 1.21 bits per heavy atom. The summed E-state index contributed by atoms with van der Waals surface area (Å²) in [6, 6.07) is 9.03. The summed E-state index contributed by atoms with van der Waals surface area (Å²) < 4.78 is 3.95. The Hall–Kier alpha value is -0.640. The number of halogens is 3. The average molecular weight is 391 g/mol. The van der Waals surface area contributed by atoms with E-state index in [-0.39, 0.29) is 11.8 Å². The van der Waals surface area contributed by atoms with Gasteiger partial charge in [-0.2, -0.15) is 0 Å². The largest absolute Gasteiger partial charge is 0.466 e. The maximum Gasteiger partial charge on any atom is 0.246 e. The summed E-state index contributed by atoms with van der Waals surface area (Å²) in [5.74, 6) is 2.21. The van der Waals surface area contributed by atoms with Gasteiger partial charge in [-0.05, 0) is 49.1 Å². The monoisotopic (exact) mass is 389 g/mol. The van der Waals surface area contributed by atoms with Gasteiger partial charge in [0.1, 0.15) is 5.75 Å². The molecule has 24 heavy (non-hydrogen) atoms. The number of ether oxygens (including phenoxy) is 1. The van der Waals surface area contributed by atoms with Crippen molar-refractivity contribution in [2.24, 2.45) is 23.7 Å². The van der Waals surface area contributed by atoms with Gasteiger partial charge in [-0.15, -0.1) is 0 Å². The van der Waals surface area contributed by atoms with E-state index in [4.69, 9.17) is 39.5 Å². The molecule has 1 N–H and O–H groups in total. The molecule has 0 radical (unpaired) electrons. The van der Waals surface area contributed by atoms with Crippen LogP contribution >= 0.6 is 34.8 Å². The number of rotatable bonds is 5. The van der Waals surface area contributed by atoms with E-state index in [0.717, 1.165) is 12.3 Å². The lowest BCUT2D eigenvalue weighted by Gasteiger charge is -2.31. The molecule has 6 heteroatoms. The van der Waals surface area contributed by atoms with Crippen LogP contribution in [0.4, 0.5) is 0 Å². The van der Waals surface area contributed by atoms with Gasteiger partial charge in [0.25, 0.3) is 0 Å². The van der Waals surface area contributed by atoms with E-state index in [9.17, 15) is 4.79 Å². The van der Waals surface area contributed by atoms with Crippen molar-refractivity contribution in [1.29, 1.82) is 0 Å². The van der Waals surface area contributed by atoms with Gasteiger partial charge in [0.15, 0.2) is 0 Å². The lowest BCUT2D eigenvalue weighted by molar-refractivity contribution is -0.129. The minimum absolute atomic E-state index is 0.102. The molecule has 1 aromatic carbocycles. The van der Waals surface area contributed by atoms with Crippen molar-refractivity contribution in [3.8, 4) is 5.75 Å². The van der Waals surface area contributed by atoms with E-state index in [1.165, 1.54) is 19.3 Å². The lowest BCUT2D eigenvalue weighted by Crippen LogP contribution is -2.50. The molecule has 2 aliphatic carbocycles. The fourth-order valence-electron chi connectivity index (χ4n) is 4.17. The number of nitrogens with one attached hydrogen (secondary N) is 1. The molecular formula is C18H22Cl3NO2. The van der Waals surface area contributed by atoms with Crippen LogP contribution in [0.15, 0.2) is 30.3 Å². The molecule has 2 aliphatic rings. The standard InChI is InChI=1S/C18H22Cl3NO2/c1-11(15-10-12-7-8-13(15)9-12)16(23)22-17(18(19,20)21)24-14-5-3-2-4-6-14/h2-6,11-13,15,17H,7-10H2,1H3,(H,22,23)/t11-,12-,13-,15+,17+/m0/s1. The van der Waals surface area contributed by atoms with Crippen molar-refractivity contribution in [1.82, 2.24) is 5.32 Å². The molecule has 0 aromatic heterocycles. The maximum absolute atomic E-state index is 12.7. The Labute approximate surface area is 158 Å². The van der Waals surface area contributed by atoms with Crippen molar-refractivity contribution < 1.29 is 9.53 Å². The van der Waals surface area contributed by atoms with Crippen LogP contribution < -0.4 is 10.1 Å². The number of hydrogen-bond donors (Lipinski definition) is 1. The van der Waals surface area contributed by atoms with Gasteiger partial charge in [-0.25, -0.2) is 0 Å². The normalized spacial score (nSPS) is 28.4. The summed E-state index contributed by atoms with van der Waals surface area (Å²) in [5, 5.41) is 2.78. The molecule has 1 aromatic rings. The van der Waals surface area contributed by atoms with E-state index in [0.29, 0.717) is 17.6 Å². The third-order valence-electron chi connectivity index (χ3n) is 5.42. The first-order valence-electron chi connectivity index (χ1n) is 8.43. The van der Waals surface area contributed by atoms with Crippen molar-refractivity contribution in [3.05, 3.63) is 30.3 Å².